The van der Waals surface area contributed by atoms with E-state index in [9.17, 15) is 19.2 Å². The Morgan fingerprint density at radius 2 is 1.66 bits per heavy atom. The molecule has 2 aromatic carbocycles. The van der Waals surface area contributed by atoms with Crippen molar-refractivity contribution in [1.82, 2.24) is 14.5 Å². The lowest BCUT2D eigenvalue weighted by molar-refractivity contribution is -0.145. The first-order chi connectivity index (χ1) is 15.3. The van der Waals surface area contributed by atoms with Crippen molar-refractivity contribution in [2.75, 3.05) is 0 Å². The third-order valence-corrected chi connectivity index (χ3v) is 5.33. The van der Waals surface area contributed by atoms with Crippen LogP contribution in [0.3, 0.4) is 0 Å². The average Bonchev–Trinajstić information content (AvgIpc) is 2.79. The molecular formula is C23H22ClN3O5. The minimum atomic E-state index is -0.667. The van der Waals surface area contributed by atoms with Crippen molar-refractivity contribution in [3.8, 4) is 0 Å². The van der Waals surface area contributed by atoms with Crippen molar-refractivity contribution in [2.45, 2.75) is 19.1 Å². The summed E-state index contributed by atoms with van der Waals surface area (Å²) in [6.45, 7) is -0.249. The van der Waals surface area contributed by atoms with Crippen LogP contribution < -0.4 is 16.6 Å². The number of hydrogen-bond acceptors (Lipinski definition) is 5. The summed E-state index contributed by atoms with van der Waals surface area (Å²) in [6, 6.07) is 16.2. The summed E-state index contributed by atoms with van der Waals surface area (Å²) in [6.07, 6.45) is -0.154. The molecule has 0 aliphatic heterocycles. The highest BCUT2D eigenvalue weighted by molar-refractivity contribution is 6.33. The standard InChI is InChI=1S/C23H22ClN3O5/c1-26-16(12-20(28)27(2)23(26)31)14-32-21(29)13-19(15-8-4-3-5-9-15)25-22(30)17-10-6-7-11-18(17)24/h3-12,19H,13-14H2,1-2H3,(H,25,30). The van der Waals surface area contributed by atoms with Crippen LogP contribution in [0.2, 0.25) is 5.02 Å². The van der Waals surface area contributed by atoms with Crippen LogP contribution in [0.5, 0.6) is 0 Å². The molecule has 0 saturated carbocycles. The van der Waals surface area contributed by atoms with Gasteiger partial charge in [-0.1, -0.05) is 54.1 Å². The zero-order chi connectivity index (χ0) is 23.3. The molecule has 0 spiro atoms. The molecule has 0 bridgehead atoms. The van der Waals surface area contributed by atoms with Gasteiger partial charge in [0.2, 0.25) is 0 Å². The van der Waals surface area contributed by atoms with Crippen LogP contribution in [-0.2, 0) is 30.2 Å². The fourth-order valence-corrected chi connectivity index (χ4v) is 3.34. The quantitative estimate of drug-likeness (QED) is 0.551. The van der Waals surface area contributed by atoms with Crippen LogP contribution in [0, 0.1) is 0 Å². The Morgan fingerprint density at radius 3 is 2.34 bits per heavy atom. The first-order valence-electron chi connectivity index (χ1n) is 9.80. The second-order valence-electron chi connectivity index (χ2n) is 7.16. The normalized spacial score (nSPS) is 11.6. The third kappa shape index (κ3) is 5.33. The van der Waals surface area contributed by atoms with Crippen LogP contribution in [-0.4, -0.2) is 21.0 Å². The predicted molar refractivity (Wildman–Crippen MR) is 119 cm³/mol. The molecule has 3 aromatic rings. The number of hydrogen-bond donors (Lipinski definition) is 1. The maximum absolute atomic E-state index is 12.7. The second kappa shape index (κ2) is 10.1. The van der Waals surface area contributed by atoms with E-state index in [1.165, 1.54) is 24.7 Å². The average molecular weight is 456 g/mol. The van der Waals surface area contributed by atoms with Gasteiger partial charge < -0.3 is 10.1 Å². The summed E-state index contributed by atoms with van der Waals surface area (Å²) in [4.78, 5) is 49.2. The van der Waals surface area contributed by atoms with Gasteiger partial charge in [0.15, 0.2) is 0 Å². The maximum Gasteiger partial charge on any atom is 0.330 e. The van der Waals surface area contributed by atoms with Crippen molar-refractivity contribution < 1.29 is 14.3 Å². The number of rotatable bonds is 7. The Hall–Kier alpha value is -3.65. The summed E-state index contributed by atoms with van der Waals surface area (Å²) in [7, 11) is 2.86. The lowest BCUT2D eigenvalue weighted by atomic mass is 10.0. The lowest BCUT2D eigenvalue weighted by Gasteiger charge is -2.19. The van der Waals surface area contributed by atoms with E-state index in [4.69, 9.17) is 16.3 Å². The van der Waals surface area contributed by atoms with Crippen molar-refractivity contribution in [3.63, 3.8) is 0 Å². The van der Waals surface area contributed by atoms with Crippen LogP contribution in [0.25, 0.3) is 0 Å². The van der Waals surface area contributed by atoms with Gasteiger partial charge in [0.1, 0.15) is 6.61 Å². The Labute approximate surface area is 189 Å². The van der Waals surface area contributed by atoms with Crippen LogP contribution in [0.15, 0.2) is 70.3 Å². The zero-order valence-corrected chi connectivity index (χ0v) is 18.3. The Bertz CT molecular complexity index is 1250. The SMILES string of the molecule is Cn1c(COC(=O)CC(NC(=O)c2ccccc2Cl)c2ccccc2)cc(=O)n(C)c1=O. The van der Waals surface area contributed by atoms with Gasteiger partial charge in [0.25, 0.3) is 11.5 Å². The van der Waals surface area contributed by atoms with Crippen molar-refractivity contribution in [1.29, 1.82) is 0 Å². The monoisotopic (exact) mass is 455 g/mol. The highest BCUT2D eigenvalue weighted by Gasteiger charge is 2.21. The molecule has 9 heteroatoms. The van der Waals surface area contributed by atoms with E-state index in [0.717, 1.165) is 4.57 Å². The third-order valence-electron chi connectivity index (χ3n) is 5.00. The van der Waals surface area contributed by atoms with Gasteiger partial charge in [-0.2, -0.15) is 0 Å². The van der Waals surface area contributed by atoms with Crippen LogP contribution >= 0.6 is 11.6 Å². The molecule has 1 unspecified atom stereocenters. The first-order valence-corrected chi connectivity index (χ1v) is 10.2. The molecule has 0 saturated heterocycles. The maximum atomic E-state index is 12.7. The van der Waals surface area contributed by atoms with Gasteiger partial charge in [-0.3, -0.25) is 23.5 Å². The molecule has 1 heterocycles. The summed E-state index contributed by atoms with van der Waals surface area (Å²) in [5.74, 6) is -1.03. The molecule has 1 N–H and O–H groups in total. The second-order valence-corrected chi connectivity index (χ2v) is 7.56. The predicted octanol–water partition coefficient (Wildman–Crippen LogP) is 2.34. The van der Waals surface area contributed by atoms with E-state index < -0.39 is 29.2 Å². The highest BCUT2D eigenvalue weighted by atomic mass is 35.5. The summed E-state index contributed by atoms with van der Waals surface area (Å²) in [5, 5.41) is 3.12. The molecule has 0 aliphatic rings. The molecule has 0 aliphatic carbocycles. The number of benzene rings is 2. The number of carbonyl (C=O) groups excluding carboxylic acids is 2. The van der Waals surface area contributed by atoms with Crippen molar-refractivity contribution in [3.05, 3.63) is 103 Å². The van der Waals surface area contributed by atoms with E-state index in [-0.39, 0.29) is 18.7 Å². The minimum absolute atomic E-state index is 0.154. The number of nitrogens with one attached hydrogen (secondary N) is 1. The molecule has 32 heavy (non-hydrogen) atoms. The molecule has 8 nitrogen and oxygen atoms in total. The zero-order valence-electron chi connectivity index (χ0n) is 17.6. The van der Waals surface area contributed by atoms with Crippen LogP contribution in [0.1, 0.15) is 34.1 Å². The Morgan fingerprint density at radius 1 is 1.00 bits per heavy atom. The van der Waals surface area contributed by atoms with E-state index in [0.29, 0.717) is 16.1 Å². The molecule has 1 amide bonds. The fraction of sp³-hybridized carbons (Fsp3) is 0.217. The van der Waals surface area contributed by atoms with Gasteiger partial charge >= 0.3 is 11.7 Å². The van der Waals surface area contributed by atoms with Crippen molar-refractivity contribution in [2.24, 2.45) is 14.1 Å². The lowest BCUT2D eigenvalue weighted by Crippen LogP contribution is -2.38. The van der Waals surface area contributed by atoms with Gasteiger partial charge in [0.05, 0.1) is 28.7 Å². The smallest absolute Gasteiger partial charge is 0.330 e. The minimum Gasteiger partial charge on any atom is -0.459 e. The largest absolute Gasteiger partial charge is 0.459 e. The molecule has 166 valence electrons. The molecule has 0 radical (unpaired) electrons. The van der Waals surface area contributed by atoms with E-state index in [1.54, 1.807) is 48.5 Å². The topological polar surface area (TPSA) is 99.4 Å². The number of aromatic nitrogens is 2. The van der Waals surface area contributed by atoms with Gasteiger partial charge in [-0.05, 0) is 17.7 Å². The number of halogens is 1. The fourth-order valence-electron chi connectivity index (χ4n) is 3.12. The number of nitrogens with zero attached hydrogens (tertiary/aromatic N) is 2. The van der Waals surface area contributed by atoms with Gasteiger partial charge in [0, 0.05) is 20.2 Å². The summed E-state index contributed by atoms with van der Waals surface area (Å²) in [5.41, 5.74) is 0.262. The van der Waals surface area contributed by atoms with E-state index in [1.807, 2.05) is 6.07 Å². The molecule has 3 rings (SSSR count). The number of ether oxygens (including phenoxy) is 1. The molecule has 1 atom stereocenters. The summed E-state index contributed by atoms with van der Waals surface area (Å²) >= 11 is 6.12. The number of carbonyl (C=O) groups is 2. The van der Waals surface area contributed by atoms with Gasteiger partial charge in [-0.15, -0.1) is 0 Å². The van der Waals surface area contributed by atoms with E-state index in [2.05, 4.69) is 5.32 Å². The summed E-state index contributed by atoms with van der Waals surface area (Å²) < 4.78 is 7.50. The Balaban J connectivity index is 1.75. The first kappa shape index (κ1) is 23.0. The van der Waals surface area contributed by atoms with Crippen LogP contribution in [0.4, 0.5) is 0 Å². The molecule has 1 aromatic heterocycles. The Kier molecular flexibility index (Phi) is 7.27. The number of amides is 1. The molecular weight excluding hydrogens is 434 g/mol. The highest BCUT2D eigenvalue weighted by Crippen LogP contribution is 2.21. The van der Waals surface area contributed by atoms with Crippen molar-refractivity contribution >= 4 is 23.5 Å². The van der Waals surface area contributed by atoms with Gasteiger partial charge in [-0.25, -0.2) is 4.79 Å². The number of esters is 1. The van der Waals surface area contributed by atoms with E-state index >= 15 is 0 Å². The molecule has 0 fully saturated rings.